The van der Waals surface area contributed by atoms with Gasteiger partial charge in [-0.2, -0.15) is 18.2 Å². The molecular formula is C19H22F3N3OS. The zero-order chi connectivity index (χ0) is 19.4. The van der Waals surface area contributed by atoms with Crippen molar-refractivity contribution in [3.05, 3.63) is 45.7 Å². The van der Waals surface area contributed by atoms with Crippen molar-refractivity contribution in [2.24, 2.45) is 4.99 Å². The minimum absolute atomic E-state index is 0.143. The first-order valence-corrected chi connectivity index (χ1v) is 9.86. The van der Waals surface area contributed by atoms with Gasteiger partial charge in [-0.25, -0.2) is 4.79 Å². The van der Waals surface area contributed by atoms with Crippen LogP contribution in [0.15, 0.2) is 35.5 Å². The molecule has 8 heteroatoms. The van der Waals surface area contributed by atoms with E-state index < -0.39 is 17.8 Å². The first-order chi connectivity index (χ1) is 12.8. The molecule has 3 rings (SSSR count). The number of hydrogen-bond donors (Lipinski definition) is 1. The molecule has 1 N–H and O–H groups in total. The van der Waals surface area contributed by atoms with Gasteiger partial charge in [0.1, 0.15) is 0 Å². The summed E-state index contributed by atoms with van der Waals surface area (Å²) in [5.41, 5.74) is -0.170. The topological polar surface area (TPSA) is 46.4 Å². The molecule has 2 amide bonds. The number of hydrogen-bond acceptors (Lipinski definition) is 2. The van der Waals surface area contributed by atoms with Crippen molar-refractivity contribution in [1.29, 1.82) is 0 Å². The Bertz CT molecular complexity index is 844. The van der Waals surface area contributed by atoms with Crippen LogP contribution < -0.4 is 10.1 Å². The fourth-order valence-corrected chi connectivity index (χ4v) is 4.08. The number of aryl methyl sites for hydroxylation is 1. The molecule has 0 bridgehead atoms. The van der Waals surface area contributed by atoms with Gasteiger partial charge in [0, 0.05) is 22.8 Å². The monoisotopic (exact) mass is 397 g/mol. The van der Waals surface area contributed by atoms with Crippen LogP contribution in [0.25, 0.3) is 5.69 Å². The van der Waals surface area contributed by atoms with E-state index in [0.717, 1.165) is 42.7 Å². The van der Waals surface area contributed by atoms with Crippen molar-refractivity contribution >= 4 is 17.4 Å². The first kappa shape index (κ1) is 19.7. The Kier molecular flexibility index (Phi) is 6.04. The van der Waals surface area contributed by atoms with Gasteiger partial charge in [-0.3, -0.25) is 4.57 Å². The molecule has 2 aromatic rings. The number of amides is 2. The van der Waals surface area contributed by atoms with E-state index >= 15 is 0 Å². The maximum atomic E-state index is 12.8. The summed E-state index contributed by atoms with van der Waals surface area (Å²) in [4.78, 5) is 17.9. The lowest BCUT2D eigenvalue weighted by Crippen LogP contribution is -2.33. The number of carbonyl (C=O) groups is 1. The summed E-state index contributed by atoms with van der Waals surface area (Å²) in [5.74, 6) is 0. The molecule has 1 aliphatic rings. The van der Waals surface area contributed by atoms with Gasteiger partial charge in [-0.1, -0.05) is 25.7 Å². The second-order valence-electron chi connectivity index (χ2n) is 6.79. The number of thiazole rings is 1. The fraction of sp³-hybridized carbons (Fsp3) is 0.474. The van der Waals surface area contributed by atoms with Gasteiger partial charge in [0.25, 0.3) is 0 Å². The quantitative estimate of drug-likeness (QED) is 0.696. The molecule has 0 spiro atoms. The van der Waals surface area contributed by atoms with E-state index in [0.29, 0.717) is 10.5 Å². The normalized spacial score (nSPS) is 17.0. The SMILES string of the molecule is Cc1cn(-c2ccc(C(F)(F)F)cc2)/c(=N/C(=O)NC2CCCCCC2)s1. The number of urea groups is 1. The van der Waals surface area contributed by atoms with E-state index in [-0.39, 0.29) is 6.04 Å². The summed E-state index contributed by atoms with van der Waals surface area (Å²) in [5, 5.41) is 2.96. The van der Waals surface area contributed by atoms with Gasteiger partial charge in [0.15, 0.2) is 4.80 Å². The lowest BCUT2D eigenvalue weighted by atomic mass is 10.1. The number of benzene rings is 1. The van der Waals surface area contributed by atoms with Gasteiger partial charge in [0.05, 0.1) is 5.56 Å². The number of aromatic nitrogens is 1. The summed E-state index contributed by atoms with van der Waals surface area (Å²) < 4.78 is 39.9. The maximum absolute atomic E-state index is 12.8. The predicted octanol–water partition coefficient (Wildman–Crippen LogP) is 5.20. The van der Waals surface area contributed by atoms with Crippen LogP contribution in [-0.4, -0.2) is 16.6 Å². The Morgan fingerprint density at radius 2 is 1.78 bits per heavy atom. The molecule has 1 aromatic carbocycles. The number of halogens is 3. The highest BCUT2D eigenvalue weighted by Crippen LogP contribution is 2.29. The molecule has 1 saturated carbocycles. The molecule has 1 heterocycles. The summed E-state index contributed by atoms with van der Waals surface area (Å²) in [6.45, 7) is 1.87. The van der Waals surface area contributed by atoms with Gasteiger partial charge >= 0.3 is 12.2 Å². The van der Waals surface area contributed by atoms with Crippen molar-refractivity contribution in [2.75, 3.05) is 0 Å². The average molecular weight is 397 g/mol. The lowest BCUT2D eigenvalue weighted by Gasteiger charge is -2.13. The Hall–Kier alpha value is -2.09. The molecule has 4 nitrogen and oxygen atoms in total. The Morgan fingerprint density at radius 1 is 1.15 bits per heavy atom. The molecule has 0 unspecified atom stereocenters. The van der Waals surface area contributed by atoms with Crippen molar-refractivity contribution in [2.45, 2.75) is 57.7 Å². The van der Waals surface area contributed by atoms with Crippen LogP contribution in [0.5, 0.6) is 0 Å². The zero-order valence-electron chi connectivity index (χ0n) is 15.1. The molecule has 0 aliphatic heterocycles. The van der Waals surface area contributed by atoms with Crippen molar-refractivity contribution < 1.29 is 18.0 Å². The third-order valence-electron chi connectivity index (χ3n) is 4.62. The molecule has 1 fully saturated rings. The lowest BCUT2D eigenvalue weighted by molar-refractivity contribution is -0.137. The average Bonchev–Trinajstić information content (AvgIpc) is 2.80. The third kappa shape index (κ3) is 5.22. The second-order valence-corrected chi connectivity index (χ2v) is 8.00. The maximum Gasteiger partial charge on any atom is 0.416 e. The minimum Gasteiger partial charge on any atom is -0.333 e. The standard InChI is InChI=1S/C19H22F3N3OS/c1-13-12-25(16-10-8-14(9-11-16)19(20,21)22)18(27-13)24-17(26)23-15-6-4-2-3-5-7-15/h8-12,15H,2-7H2,1H3,(H,23,26)/b24-18-. The highest BCUT2D eigenvalue weighted by molar-refractivity contribution is 7.09. The van der Waals surface area contributed by atoms with Crippen LogP contribution in [0, 0.1) is 6.92 Å². The van der Waals surface area contributed by atoms with E-state index in [1.54, 1.807) is 10.8 Å². The first-order valence-electron chi connectivity index (χ1n) is 9.05. The van der Waals surface area contributed by atoms with Gasteiger partial charge in [-0.05, 0) is 44.0 Å². The van der Waals surface area contributed by atoms with Gasteiger partial charge < -0.3 is 5.32 Å². The molecule has 1 aliphatic carbocycles. The van der Waals surface area contributed by atoms with Crippen molar-refractivity contribution in [3.8, 4) is 5.69 Å². The van der Waals surface area contributed by atoms with Crippen LogP contribution in [0.1, 0.15) is 49.0 Å². The van der Waals surface area contributed by atoms with E-state index in [4.69, 9.17) is 0 Å². The minimum atomic E-state index is -4.38. The van der Waals surface area contributed by atoms with Gasteiger partial charge in [-0.15, -0.1) is 11.3 Å². The Balaban J connectivity index is 1.82. The Labute approximate surface area is 159 Å². The molecule has 146 valence electrons. The van der Waals surface area contributed by atoms with Crippen LogP contribution >= 0.6 is 11.3 Å². The number of nitrogens with zero attached hydrogens (tertiary/aromatic N) is 2. The number of nitrogens with one attached hydrogen (secondary N) is 1. The highest BCUT2D eigenvalue weighted by atomic mass is 32.1. The second kappa shape index (κ2) is 8.29. The summed E-state index contributed by atoms with van der Waals surface area (Å²) in [6.07, 6.45) is 3.92. The largest absolute Gasteiger partial charge is 0.416 e. The van der Waals surface area contributed by atoms with E-state index in [9.17, 15) is 18.0 Å². The number of rotatable bonds is 2. The molecular weight excluding hydrogens is 375 g/mol. The highest BCUT2D eigenvalue weighted by Gasteiger charge is 2.30. The predicted molar refractivity (Wildman–Crippen MR) is 99.0 cm³/mol. The van der Waals surface area contributed by atoms with E-state index in [1.165, 1.54) is 36.3 Å². The van der Waals surface area contributed by atoms with Crippen LogP contribution in [0.2, 0.25) is 0 Å². The van der Waals surface area contributed by atoms with Crippen LogP contribution in [-0.2, 0) is 6.18 Å². The summed E-state index contributed by atoms with van der Waals surface area (Å²) in [7, 11) is 0. The van der Waals surface area contributed by atoms with E-state index in [2.05, 4.69) is 10.3 Å². The van der Waals surface area contributed by atoms with E-state index in [1.807, 2.05) is 6.92 Å². The van der Waals surface area contributed by atoms with Gasteiger partial charge in [0.2, 0.25) is 0 Å². The van der Waals surface area contributed by atoms with Crippen molar-refractivity contribution in [1.82, 2.24) is 9.88 Å². The molecule has 27 heavy (non-hydrogen) atoms. The smallest absolute Gasteiger partial charge is 0.333 e. The third-order valence-corrected chi connectivity index (χ3v) is 5.52. The Morgan fingerprint density at radius 3 is 2.37 bits per heavy atom. The van der Waals surface area contributed by atoms with Crippen LogP contribution in [0.3, 0.4) is 0 Å². The molecule has 0 atom stereocenters. The number of carbonyl (C=O) groups excluding carboxylic acids is 1. The molecule has 1 aromatic heterocycles. The summed E-state index contributed by atoms with van der Waals surface area (Å²) in [6, 6.07) is 4.58. The molecule has 0 radical (unpaired) electrons. The van der Waals surface area contributed by atoms with Crippen LogP contribution in [0.4, 0.5) is 18.0 Å². The zero-order valence-corrected chi connectivity index (χ0v) is 15.9. The fourth-order valence-electron chi connectivity index (χ4n) is 3.25. The summed E-state index contributed by atoms with van der Waals surface area (Å²) >= 11 is 1.33. The van der Waals surface area contributed by atoms with Crippen molar-refractivity contribution in [3.63, 3.8) is 0 Å². The molecule has 0 saturated heterocycles. The number of alkyl halides is 3.